The highest BCUT2D eigenvalue weighted by atomic mass is 32.2. The SMILES string of the molecule is CCS[C@@H]1CC[C@@H](NC2CCN(c3nccs3)CC2)C1. The summed E-state index contributed by atoms with van der Waals surface area (Å²) in [5, 5.41) is 8.10. The van der Waals surface area contributed by atoms with E-state index >= 15 is 0 Å². The summed E-state index contributed by atoms with van der Waals surface area (Å²) in [6, 6.07) is 1.50. The van der Waals surface area contributed by atoms with Crippen molar-refractivity contribution >= 4 is 28.2 Å². The average molecular weight is 312 g/mol. The molecular formula is C15H25N3S2. The van der Waals surface area contributed by atoms with Crippen molar-refractivity contribution < 1.29 is 0 Å². The van der Waals surface area contributed by atoms with Gasteiger partial charge in [-0.15, -0.1) is 11.3 Å². The normalized spacial score (nSPS) is 28.1. The largest absolute Gasteiger partial charge is 0.348 e. The number of rotatable bonds is 5. The minimum atomic E-state index is 0.724. The second-order valence-electron chi connectivity index (χ2n) is 5.83. The number of thiazole rings is 1. The molecule has 1 aliphatic heterocycles. The van der Waals surface area contributed by atoms with Crippen molar-refractivity contribution in [2.24, 2.45) is 0 Å². The topological polar surface area (TPSA) is 28.2 Å². The van der Waals surface area contributed by atoms with Gasteiger partial charge in [0, 0.05) is 42.0 Å². The maximum atomic E-state index is 4.42. The van der Waals surface area contributed by atoms with Gasteiger partial charge < -0.3 is 10.2 Å². The van der Waals surface area contributed by atoms with Crippen LogP contribution in [0.5, 0.6) is 0 Å². The molecule has 1 aromatic rings. The first-order valence-corrected chi connectivity index (χ1v) is 9.80. The van der Waals surface area contributed by atoms with Gasteiger partial charge >= 0.3 is 0 Å². The lowest BCUT2D eigenvalue weighted by molar-refractivity contribution is 0.368. The summed E-state index contributed by atoms with van der Waals surface area (Å²) in [4.78, 5) is 6.86. The van der Waals surface area contributed by atoms with Crippen LogP contribution in [0.1, 0.15) is 39.0 Å². The van der Waals surface area contributed by atoms with Gasteiger partial charge in [-0.2, -0.15) is 11.8 Å². The van der Waals surface area contributed by atoms with Gasteiger partial charge in [-0.3, -0.25) is 0 Å². The zero-order valence-electron chi connectivity index (χ0n) is 12.3. The molecule has 0 bridgehead atoms. The Kier molecular flexibility index (Phi) is 5.24. The molecule has 2 heterocycles. The predicted octanol–water partition coefficient (Wildman–Crippen LogP) is 3.38. The van der Waals surface area contributed by atoms with Gasteiger partial charge in [0.1, 0.15) is 0 Å². The summed E-state index contributed by atoms with van der Waals surface area (Å²) in [7, 11) is 0. The third-order valence-corrected chi connectivity index (χ3v) is 6.51. The molecule has 1 N–H and O–H groups in total. The van der Waals surface area contributed by atoms with E-state index in [1.54, 1.807) is 11.3 Å². The van der Waals surface area contributed by atoms with Crippen molar-refractivity contribution in [3.05, 3.63) is 11.6 Å². The van der Waals surface area contributed by atoms with Gasteiger partial charge in [-0.1, -0.05) is 6.92 Å². The molecule has 3 rings (SSSR count). The molecular weight excluding hydrogens is 286 g/mol. The fourth-order valence-electron chi connectivity index (χ4n) is 3.42. The first-order valence-electron chi connectivity index (χ1n) is 7.87. The summed E-state index contributed by atoms with van der Waals surface area (Å²) in [5.41, 5.74) is 0. The van der Waals surface area contributed by atoms with Crippen LogP contribution in [0.15, 0.2) is 11.6 Å². The zero-order chi connectivity index (χ0) is 13.8. The maximum Gasteiger partial charge on any atom is 0.185 e. The van der Waals surface area contributed by atoms with E-state index in [-0.39, 0.29) is 0 Å². The Morgan fingerprint density at radius 2 is 2.15 bits per heavy atom. The number of thioether (sulfide) groups is 1. The Bertz CT molecular complexity index is 388. The van der Waals surface area contributed by atoms with Crippen LogP contribution in [0.4, 0.5) is 5.13 Å². The van der Waals surface area contributed by atoms with E-state index in [4.69, 9.17) is 0 Å². The first-order chi connectivity index (χ1) is 9.85. The van der Waals surface area contributed by atoms with Crippen LogP contribution in [0.25, 0.3) is 0 Å². The number of aromatic nitrogens is 1. The standard InChI is InChI=1S/C15H25N3S2/c1-2-19-14-4-3-13(11-14)17-12-5-8-18(9-6-12)15-16-7-10-20-15/h7,10,12-14,17H,2-6,8-9,11H2,1H3/t13-,14-/m1/s1. The van der Waals surface area contributed by atoms with Crippen molar-refractivity contribution in [3.63, 3.8) is 0 Å². The molecule has 0 unspecified atom stereocenters. The Hall–Kier alpha value is -0.260. The van der Waals surface area contributed by atoms with Crippen molar-refractivity contribution in [1.29, 1.82) is 0 Å². The van der Waals surface area contributed by atoms with E-state index in [0.29, 0.717) is 0 Å². The van der Waals surface area contributed by atoms with E-state index in [9.17, 15) is 0 Å². The van der Waals surface area contributed by atoms with Gasteiger partial charge in [0.25, 0.3) is 0 Å². The van der Waals surface area contributed by atoms with Crippen LogP contribution < -0.4 is 10.2 Å². The quantitative estimate of drug-likeness (QED) is 0.902. The molecule has 1 aliphatic carbocycles. The van der Waals surface area contributed by atoms with Crippen LogP contribution in [0.2, 0.25) is 0 Å². The minimum absolute atomic E-state index is 0.724. The Balaban J connectivity index is 1.41. The second kappa shape index (κ2) is 7.14. The minimum Gasteiger partial charge on any atom is -0.348 e. The predicted molar refractivity (Wildman–Crippen MR) is 90.0 cm³/mol. The zero-order valence-corrected chi connectivity index (χ0v) is 13.9. The number of nitrogens with one attached hydrogen (secondary N) is 1. The van der Waals surface area contributed by atoms with E-state index in [1.807, 2.05) is 6.20 Å². The van der Waals surface area contributed by atoms with Crippen LogP contribution in [-0.4, -0.2) is 41.2 Å². The molecule has 2 aliphatic rings. The molecule has 0 spiro atoms. The van der Waals surface area contributed by atoms with Gasteiger partial charge in [-0.05, 0) is 37.9 Å². The molecule has 0 radical (unpaired) electrons. The first kappa shape index (κ1) is 14.7. The Morgan fingerprint density at radius 1 is 1.30 bits per heavy atom. The van der Waals surface area contributed by atoms with E-state index in [0.717, 1.165) is 30.4 Å². The summed E-state index contributed by atoms with van der Waals surface area (Å²) in [5.74, 6) is 1.27. The maximum absolute atomic E-state index is 4.42. The van der Waals surface area contributed by atoms with Crippen molar-refractivity contribution in [2.75, 3.05) is 23.7 Å². The average Bonchev–Trinajstić information content (AvgIpc) is 3.12. The monoisotopic (exact) mass is 311 g/mol. The number of hydrogen-bond donors (Lipinski definition) is 1. The molecule has 3 nitrogen and oxygen atoms in total. The van der Waals surface area contributed by atoms with Gasteiger partial charge in [0.05, 0.1) is 0 Å². The molecule has 0 aromatic carbocycles. The molecule has 1 saturated carbocycles. The summed E-state index contributed by atoms with van der Waals surface area (Å²) in [6.07, 6.45) is 8.61. The van der Waals surface area contributed by atoms with Crippen molar-refractivity contribution in [1.82, 2.24) is 10.3 Å². The van der Waals surface area contributed by atoms with Crippen LogP contribution in [0, 0.1) is 0 Å². The highest BCUT2D eigenvalue weighted by molar-refractivity contribution is 7.99. The fourth-order valence-corrected chi connectivity index (χ4v) is 5.26. The van der Waals surface area contributed by atoms with Crippen LogP contribution in [-0.2, 0) is 0 Å². The summed E-state index contributed by atoms with van der Waals surface area (Å²) < 4.78 is 0. The van der Waals surface area contributed by atoms with Gasteiger partial charge in [0.15, 0.2) is 5.13 Å². The third-order valence-electron chi connectivity index (χ3n) is 4.44. The number of anilines is 1. The van der Waals surface area contributed by atoms with Crippen molar-refractivity contribution in [3.8, 4) is 0 Å². The lowest BCUT2D eigenvalue weighted by Gasteiger charge is -2.33. The van der Waals surface area contributed by atoms with Crippen LogP contribution >= 0.6 is 23.1 Å². The number of nitrogens with zero attached hydrogens (tertiary/aromatic N) is 2. The summed E-state index contributed by atoms with van der Waals surface area (Å²) in [6.45, 7) is 4.59. The van der Waals surface area contributed by atoms with Gasteiger partial charge in [0.2, 0.25) is 0 Å². The van der Waals surface area contributed by atoms with Crippen LogP contribution in [0.3, 0.4) is 0 Å². The molecule has 1 saturated heterocycles. The second-order valence-corrected chi connectivity index (χ2v) is 8.28. The van der Waals surface area contributed by atoms with E-state index < -0.39 is 0 Å². The number of hydrogen-bond acceptors (Lipinski definition) is 5. The lowest BCUT2D eigenvalue weighted by Crippen LogP contribution is -2.45. The van der Waals surface area contributed by atoms with E-state index in [1.165, 1.54) is 43.0 Å². The molecule has 0 amide bonds. The molecule has 2 atom stereocenters. The van der Waals surface area contributed by atoms with Gasteiger partial charge in [-0.25, -0.2) is 4.98 Å². The lowest BCUT2D eigenvalue weighted by atomic mass is 10.0. The molecule has 1 aromatic heterocycles. The fraction of sp³-hybridized carbons (Fsp3) is 0.800. The molecule has 112 valence electrons. The molecule has 5 heteroatoms. The Labute approximate surface area is 130 Å². The highest BCUT2D eigenvalue weighted by Gasteiger charge is 2.28. The Morgan fingerprint density at radius 3 is 2.85 bits per heavy atom. The van der Waals surface area contributed by atoms with E-state index in [2.05, 4.69) is 39.3 Å². The number of piperidine rings is 1. The van der Waals surface area contributed by atoms with Crippen molar-refractivity contribution in [2.45, 2.75) is 56.4 Å². The molecule has 20 heavy (non-hydrogen) atoms. The smallest absolute Gasteiger partial charge is 0.185 e. The summed E-state index contributed by atoms with van der Waals surface area (Å²) >= 11 is 3.91. The third kappa shape index (κ3) is 3.68. The molecule has 2 fully saturated rings. The highest BCUT2D eigenvalue weighted by Crippen LogP contribution is 2.30.